The summed E-state index contributed by atoms with van der Waals surface area (Å²) in [5.74, 6) is 0.0522. The lowest BCUT2D eigenvalue weighted by Gasteiger charge is -2.38. The molecule has 1 aliphatic rings. The van der Waals surface area contributed by atoms with Crippen LogP contribution in [0, 0.1) is 0 Å². The van der Waals surface area contributed by atoms with E-state index in [-0.39, 0.29) is 19.0 Å². The van der Waals surface area contributed by atoms with Crippen molar-refractivity contribution < 1.29 is 23.7 Å². The van der Waals surface area contributed by atoms with Crippen LogP contribution in [0.3, 0.4) is 0 Å². The Hall–Kier alpha value is -1.20. The maximum Gasteiger partial charge on any atom is 0.469 e. The van der Waals surface area contributed by atoms with Crippen LogP contribution in [0.25, 0.3) is 0 Å². The summed E-state index contributed by atoms with van der Waals surface area (Å²) >= 11 is 0. The largest absolute Gasteiger partial charge is 0.469 e. The van der Waals surface area contributed by atoms with Crippen LogP contribution < -0.4 is 0 Å². The normalized spacial score (nSPS) is 15.0. The van der Waals surface area contributed by atoms with Gasteiger partial charge in [0.25, 0.3) is 0 Å². The molecule has 7 heteroatoms. The Morgan fingerprint density at radius 2 is 1.74 bits per heavy atom. The van der Waals surface area contributed by atoms with Crippen LogP contribution in [0.1, 0.15) is 63.0 Å². The van der Waals surface area contributed by atoms with E-state index < -0.39 is 13.9 Å². The molecule has 0 saturated carbocycles. The molecule has 152 valence electrons. The third-order valence-corrected chi connectivity index (χ3v) is 5.57. The van der Waals surface area contributed by atoms with Gasteiger partial charge in [-0.1, -0.05) is 56.9 Å². The monoisotopic (exact) mass is 397 g/mol. The zero-order valence-electron chi connectivity index (χ0n) is 16.2. The zero-order valence-corrected chi connectivity index (χ0v) is 17.1. The van der Waals surface area contributed by atoms with Crippen LogP contribution in [0.5, 0.6) is 0 Å². The van der Waals surface area contributed by atoms with E-state index in [4.69, 9.17) is 9.79 Å². The molecule has 2 N–H and O–H groups in total. The van der Waals surface area contributed by atoms with Gasteiger partial charge in [-0.05, 0) is 36.8 Å². The highest BCUT2D eigenvalue weighted by molar-refractivity contribution is 7.46. The highest BCUT2D eigenvalue weighted by Gasteiger charge is 2.35. The topological polar surface area (TPSA) is 87.1 Å². The summed E-state index contributed by atoms with van der Waals surface area (Å²) in [6.07, 6.45) is 8.89. The lowest BCUT2D eigenvalue weighted by atomic mass is 10.0. The number of nitrogens with zero attached hydrogens (tertiary/aromatic N) is 1. The van der Waals surface area contributed by atoms with Gasteiger partial charge in [-0.15, -0.1) is 0 Å². The predicted octanol–water partition coefficient (Wildman–Crippen LogP) is 3.84. The molecule has 1 amide bonds. The number of amides is 1. The van der Waals surface area contributed by atoms with Crippen LogP contribution in [0.2, 0.25) is 0 Å². The van der Waals surface area contributed by atoms with Crippen molar-refractivity contribution in [2.75, 3.05) is 13.1 Å². The van der Waals surface area contributed by atoms with Gasteiger partial charge in [-0.25, -0.2) is 4.57 Å². The van der Waals surface area contributed by atoms with Crippen LogP contribution in [-0.2, 0) is 26.7 Å². The molecule has 0 aliphatic carbocycles. The zero-order chi connectivity index (χ0) is 19.7. The number of phosphoric ester groups is 1. The lowest BCUT2D eigenvalue weighted by Crippen LogP contribution is -2.54. The predicted molar refractivity (Wildman–Crippen MR) is 105 cm³/mol. The second kappa shape index (κ2) is 11.0. The van der Waals surface area contributed by atoms with E-state index in [1.165, 1.54) is 30.4 Å². The highest BCUT2D eigenvalue weighted by Crippen LogP contribution is 2.39. The fourth-order valence-corrected chi connectivity index (χ4v) is 3.90. The van der Waals surface area contributed by atoms with Gasteiger partial charge in [0.1, 0.15) is 6.10 Å². The van der Waals surface area contributed by atoms with Crippen molar-refractivity contribution in [1.29, 1.82) is 0 Å². The summed E-state index contributed by atoms with van der Waals surface area (Å²) in [7, 11) is -4.45. The molecule has 0 aromatic heterocycles. The smallest absolute Gasteiger partial charge is 0.337 e. The molecular formula is C20H32NO5P. The molecular weight excluding hydrogens is 365 g/mol. The van der Waals surface area contributed by atoms with Gasteiger partial charge in [0.05, 0.1) is 0 Å². The maximum absolute atomic E-state index is 12.0. The van der Waals surface area contributed by atoms with Gasteiger partial charge in [0.15, 0.2) is 0 Å². The molecule has 0 spiro atoms. The Bertz CT molecular complexity index is 639. The van der Waals surface area contributed by atoms with E-state index in [2.05, 4.69) is 35.7 Å². The van der Waals surface area contributed by atoms with Crippen molar-refractivity contribution >= 4 is 13.7 Å². The molecule has 0 unspecified atom stereocenters. The average molecular weight is 397 g/mol. The molecule has 0 atom stereocenters. The van der Waals surface area contributed by atoms with E-state index >= 15 is 0 Å². The van der Waals surface area contributed by atoms with Crippen molar-refractivity contribution in [1.82, 2.24) is 4.90 Å². The molecule has 1 saturated heterocycles. The highest BCUT2D eigenvalue weighted by atomic mass is 31.2. The van der Waals surface area contributed by atoms with Gasteiger partial charge < -0.3 is 14.7 Å². The molecule has 0 radical (unpaired) electrons. The minimum atomic E-state index is -4.45. The van der Waals surface area contributed by atoms with Crippen molar-refractivity contribution in [3.63, 3.8) is 0 Å². The lowest BCUT2D eigenvalue weighted by molar-refractivity contribution is -0.140. The number of carbonyl (C=O) groups excluding carboxylic acids is 1. The molecule has 1 aromatic carbocycles. The molecule has 0 bridgehead atoms. The van der Waals surface area contributed by atoms with Crippen molar-refractivity contribution in [2.45, 2.75) is 70.8 Å². The number of phosphoric acid groups is 1. The van der Waals surface area contributed by atoms with Crippen LogP contribution in [0.4, 0.5) is 0 Å². The molecule has 6 nitrogen and oxygen atoms in total. The Morgan fingerprint density at radius 1 is 1.11 bits per heavy atom. The summed E-state index contributed by atoms with van der Waals surface area (Å²) in [6, 6.07) is 8.83. The van der Waals surface area contributed by atoms with Crippen LogP contribution >= 0.6 is 7.82 Å². The summed E-state index contributed by atoms with van der Waals surface area (Å²) in [6.45, 7) is 2.74. The number of unbranched alkanes of at least 4 members (excludes halogenated alkanes) is 5. The summed E-state index contributed by atoms with van der Waals surface area (Å²) in [4.78, 5) is 31.0. The van der Waals surface area contributed by atoms with Gasteiger partial charge in [0, 0.05) is 19.5 Å². The number of aryl methyl sites for hydroxylation is 2. The quantitative estimate of drug-likeness (QED) is 0.413. The molecule has 1 aliphatic heterocycles. The third kappa shape index (κ3) is 8.56. The first kappa shape index (κ1) is 22.1. The second-order valence-corrected chi connectivity index (χ2v) is 8.50. The van der Waals surface area contributed by atoms with Crippen LogP contribution in [0.15, 0.2) is 24.3 Å². The fourth-order valence-electron chi connectivity index (χ4n) is 3.38. The third-order valence-electron chi connectivity index (χ3n) is 4.99. The minimum absolute atomic E-state index is 0.0522. The van der Waals surface area contributed by atoms with Crippen molar-refractivity contribution in [2.24, 2.45) is 0 Å². The number of hydrogen-bond acceptors (Lipinski definition) is 3. The summed E-state index contributed by atoms with van der Waals surface area (Å²) in [5.41, 5.74) is 2.83. The van der Waals surface area contributed by atoms with E-state index in [1.807, 2.05) is 0 Å². The first-order valence-corrected chi connectivity index (χ1v) is 11.5. The van der Waals surface area contributed by atoms with Crippen molar-refractivity contribution in [3.05, 3.63) is 35.4 Å². The second-order valence-electron chi connectivity index (χ2n) is 7.31. The number of benzene rings is 1. The summed E-state index contributed by atoms with van der Waals surface area (Å²) in [5, 5.41) is 0. The van der Waals surface area contributed by atoms with Gasteiger partial charge >= 0.3 is 7.82 Å². The number of likely N-dealkylation sites (tertiary alicyclic amines) is 1. The molecule has 1 aromatic rings. The Kier molecular flexibility index (Phi) is 8.97. The van der Waals surface area contributed by atoms with E-state index in [0.29, 0.717) is 6.42 Å². The van der Waals surface area contributed by atoms with Crippen molar-refractivity contribution in [3.8, 4) is 0 Å². The Morgan fingerprint density at radius 3 is 2.41 bits per heavy atom. The Balaban J connectivity index is 1.45. The van der Waals surface area contributed by atoms with E-state index in [0.717, 1.165) is 32.1 Å². The molecule has 2 rings (SSSR count). The minimum Gasteiger partial charge on any atom is -0.337 e. The summed E-state index contributed by atoms with van der Waals surface area (Å²) < 4.78 is 15.3. The van der Waals surface area contributed by atoms with Gasteiger partial charge in [-0.2, -0.15) is 0 Å². The Labute approximate surface area is 162 Å². The number of rotatable bonds is 12. The molecule has 27 heavy (non-hydrogen) atoms. The maximum atomic E-state index is 12.0. The van der Waals surface area contributed by atoms with Crippen LogP contribution in [-0.4, -0.2) is 39.8 Å². The van der Waals surface area contributed by atoms with Gasteiger partial charge in [0.2, 0.25) is 5.91 Å². The fraction of sp³-hybridized carbons (Fsp3) is 0.650. The average Bonchev–Trinajstić information content (AvgIpc) is 2.59. The SMILES string of the molecule is CCc1cccc(CCCCCCCCC(=O)N2CC(OP(=O)(O)O)C2)c1. The molecule has 1 fully saturated rings. The van der Waals surface area contributed by atoms with Gasteiger partial charge in [-0.3, -0.25) is 9.32 Å². The standard InChI is InChI=1S/C20H32NO5P/c1-2-17-11-9-12-18(14-17)10-7-5-3-4-6-8-13-20(22)21-15-19(16-21)26-27(23,24)25/h9,11-12,14,19H,2-8,10,13,15-16H2,1H3,(H2,23,24,25). The van der Waals surface area contributed by atoms with E-state index in [9.17, 15) is 9.36 Å². The number of carbonyl (C=O) groups is 1. The molecule has 1 heterocycles. The first-order chi connectivity index (χ1) is 12.9. The first-order valence-electron chi connectivity index (χ1n) is 9.97. The van der Waals surface area contributed by atoms with E-state index in [1.54, 1.807) is 4.90 Å². The number of hydrogen-bond donors (Lipinski definition) is 2.